The Hall–Kier alpha value is -1.91. The van der Waals surface area contributed by atoms with Gasteiger partial charge in [-0.25, -0.2) is 4.39 Å². The van der Waals surface area contributed by atoms with Gasteiger partial charge < -0.3 is 10.4 Å². The number of hydrogen-bond donors (Lipinski definition) is 2. The lowest BCUT2D eigenvalue weighted by molar-refractivity contribution is 0.0916. The van der Waals surface area contributed by atoms with Crippen molar-refractivity contribution in [3.63, 3.8) is 0 Å². The van der Waals surface area contributed by atoms with Crippen LogP contribution < -0.4 is 5.32 Å². The summed E-state index contributed by atoms with van der Waals surface area (Å²) in [6.07, 6.45) is 0. The monoisotopic (exact) mass is 307 g/mol. The Balaban J connectivity index is 2.23. The van der Waals surface area contributed by atoms with Gasteiger partial charge in [0, 0.05) is 0 Å². The normalized spacial score (nSPS) is 12.0. The fraction of sp³-hybridized carbons (Fsp3) is 0.188. The Labute approximate surface area is 127 Å². The van der Waals surface area contributed by atoms with Gasteiger partial charge in [0.2, 0.25) is 0 Å². The molecule has 0 fully saturated rings. The van der Waals surface area contributed by atoms with Crippen molar-refractivity contribution in [2.24, 2.45) is 0 Å². The largest absolute Gasteiger partial charge is 0.394 e. The first-order valence-electron chi connectivity index (χ1n) is 6.45. The van der Waals surface area contributed by atoms with Gasteiger partial charge >= 0.3 is 0 Å². The molecule has 2 aromatic carbocycles. The molecule has 0 bridgehead atoms. The number of rotatable bonds is 4. The summed E-state index contributed by atoms with van der Waals surface area (Å²) in [7, 11) is 0. The topological polar surface area (TPSA) is 49.3 Å². The van der Waals surface area contributed by atoms with E-state index in [-0.39, 0.29) is 17.2 Å². The van der Waals surface area contributed by atoms with Gasteiger partial charge in [-0.05, 0) is 30.2 Å². The van der Waals surface area contributed by atoms with Gasteiger partial charge in [0.15, 0.2) is 0 Å². The standard InChI is InChI=1S/C16H15ClFNO2/c1-10-7-12(13(17)8-14(10)18)16(21)19-15(9-20)11-5-3-2-4-6-11/h2-8,15,20H,9H2,1H3,(H,19,21). The number of nitrogens with one attached hydrogen (secondary N) is 1. The van der Waals surface area contributed by atoms with Crippen LogP contribution in [0.3, 0.4) is 0 Å². The number of aliphatic hydroxyl groups is 1. The third-order valence-electron chi connectivity index (χ3n) is 3.18. The number of carbonyl (C=O) groups is 1. The third-order valence-corrected chi connectivity index (χ3v) is 3.50. The van der Waals surface area contributed by atoms with Gasteiger partial charge in [-0.3, -0.25) is 4.79 Å². The molecule has 2 N–H and O–H groups in total. The predicted molar refractivity (Wildman–Crippen MR) is 79.9 cm³/mol. The first kappa shape index (κ1) is 15.5. The van der Waals surface area contributed by atoms with E-state index in [0.717, 1.165) is 11.6 Å². The van der Waals surface area contributed by atoms with Gasteiger partial charge in [-0.1, -0.05) is 41.9 Å². The van der Waals surface area contributed by atoms with Crippen LogP contribution in [0.15, 0.2) is 42.5 Å². The van der Waals surface area contributed by atoms with Crippen molar-refractivity contribution in [3.8, 4) is 0 Å². The number of amides is 1. The molecule has 1 atom stereocenters. The molecule has 1 amide bonds. The summed E-state index contributed by atoms with van der Waals surface area (Å²) < 4.78 is 13.4. The van der Waals surface area contributed by atoms with E-state index in [1.165, 1.54) is 6.07 Å². The molecule has 110 valence electrons. The van der Waals surface area contributed by atoms with E-state index in [1.807, 2.05) is 18.2 Å². The van der Waals surface area contributed by atoms with Crippen LogP contribution in [0.1, 0.15) is 27.5 Å². The number of carbonyl (C=O) groups excluding carboxylic acids is 1. The van der Waals surface area contributed by atoms with E-state index in [0.29, 0.717) is 5.56 Å². The molecule has 21 heavy (non-hydrogen) atoms. The maximum Gasteiger partial charge on any atom is 0.253 e. The van der Waals surface area contributed by atoms with Gasteiger partial charge in [0.25, 0.3) is 5.91 Å². The molecule has 2 aromatic rings. The average Bonchev–Trinajstić information content (AvgIpc) is 2.49. The van der Waals surface area contributed by atoms with Crippen molar-refractivity contribution in [1.29, 1.82) is 0 Å². The Morgan fingerprint density at radius 1 is 1.33 bits per heavy atom. The van der Waals surface area contributed by atoms with E-state index in [9.17, 15) is 14.3 Å². The smallest absolute Gasteiger partial charge is 0.253 e. The molecule has 1 unspecified atom stereocenters. The number of halogens is 2. The SMILES string of the molecule is Cc1cc(C(=O)NC(CO)c2ccccc2)c(Cl)cc1F. The zero-order valence-electron chi connectivity index (χ0n) is 11.4. The highest BCUT2D eigenvalue weighted by atomic mass is 35.5. The Bertz CT molecular complexity index is 646. The van der Waals surface area contributed by atoms with Crippen molar-refractivity contribution < 1.29 is 14.3 Å². The van der Waals surface area contributed by atoms with E-state index in [4.69, 9.17) is 11.6 Å². The fourth-order valence-electron chi connectivity index (χ4n) is 1.99. The molecule has 0 aliphatic rings. The zero-order valence-corrected chi connectivity index (χ0v) is 12.2. The molecule has 0 spiro atoms. The van der Waals surface area contributed by atoms with Crippen LogP contribution in [-0.2, 0) is 0 Å². The fourth-order valence-corrected chi connectivity index (χ4v) is 2.22. The number of aliphatic hydroxyl groups excluding tert-OH is 1. The van der Waals surface area contributed by atoms with Crippen molar-refractivity contribution in [3.05, 3.63) is 70.0 Å². The molecule has 0 aliphatic heterocycles. The Morgan fingerprint density at radius 3 is 2.62 bits per heavy atom. The summed E-state index contributed by atoms with van der Waals surface area (Å²) in [5.74, 6) is -0.913. The molecule has 0 aliphatic carbocycles. The average molecular weight is 308 g/mol. The lowest BCUT2D eigenvalue weighted by atomic mass is 10.1. The highest BCUT2D eigenvalue weighted by Gasteiger charge is 2.18. The summed E-state index contributed by atoms with van der Waals surface area (Å²) in [6, 6.07) is 11.1. The maximum atomic E-state index is 13.4. The first-order chi connectivity index (χ1) is 10.0. The molecule has 0 aromatic heterocycles. The molecule has 2 rings (SSSR count). The highest BCUT2D eigenvalue weighted by molar-refractivity contribution is 6.33. The van der Waals surface area contributed by atoms with E-state index >= 15 is 0 Å². The van der Waals surface area contributed by atoms with Crippen LogP contribution in [0.5, 0.6) is 0 Å². The van der Waals surface area contributed by atoms with Gasteiger partial charge in [-0.2, -0.15) is 0 Å². The second-order valence-electron chi connectivity index (χ2n) is 4.70. The molecular formula is C16H15ClFNO2. The summed E-state index contributed by atoms with van der Waals surface area (Å²) in [5, 5.41) is 12.2. The van der Waals surface area contributed by atoms with Crippen LogP contribution >= 0.6 is 11.6 Å². The molecule has 0 saturated heterocycles. The zero-order chi connectivity index (χ0) is 15.4. The molecule has 0 saturated carbocycles. The van der Waals surface area contributed by atoms with Crippen molar-refractivity contribution in [2.45, 2.75) is 13.0 Å². The van der Waals surface area contributed by atoms with Crippen molar-refractivity contribution in [2.75, 3.05) is 6.61 Å². The quantitative estimate of drug-likeness (QED) is 0.911. The van der Waals surface area contributed by atoms with Crippen LogP contribution in [0, 0.1) is 12.7 Å². The van der Waals surface area contributed by atoms with Crippen molar-refractivity contribution in [1.82, 2.24) is 5.32 Å². The molecule has 0 heterocycles. The van der Waals surface area contributed by atoms with Gasteiger partial charge in [0.05, 0.1) is 23.2 Å². The minimum Gasteiger partial charge on any atom is -0.394 e. The summed E-state index contributed by atoms with van der Waals surface area (Å²) >= 11 is 5.91. The second kappa shape index (κ2) is 6.70. The Morgan fingerprint density at radius 2 is 2.00 bits per heavy atom. The lowest BCUT2D eigenvalue weighted by Gasteiger charge is -2.17. The molecule has 0 radical (unpaired) electrons. The Kier molecular flexibility index (Phi) is 4.94. The number of aryl methyl sites for hydroxylation is 1. The second-order valence-corrected chi connectivity index (χ2v) is 5.11. The van der Waals surface area contributed by atoms with Crippen LogP contribution in [0.25, 0.3) is 0 Å². The van der Waals surface area contributed by atoms with E-state index in [1.54, 1.807) is 19.1 Å². The van der Waals surface area contributed by atoms with Gasteiger partial charge in [-0.15, -0.1) is 0 Å². The first-order valence-corrected chi connectivity index (χ1v) is 6.83. The maximum absolute atomic E-state index is 13.4. The van der Waals surface area contributed by atoms with Crippen LogP contribution in [0.2, 0.25) is 5.02 Å². The molecular weight excluding hydrogens is 293 g/mol. The predicted octanol–water partition coefficient (Wildman–Crippen LogP) is 3.25. The summed E-state index contributed by atoms with van der Waals surface area (Å²) in [5.41, 5.74) is 1.30. The molecule has 5 heteroatoms. The summed E-state index contributed by atoms with van der Waals surface area (Å²) in [6.45, 7) is 1.32. The van der Waals surface area contributed by atoms with E-state index in [2.05, 4.69) is 5.32 Å². The number of hydrogen-bond acceptors (Lipinski definition) is 2. The van der Waals surface area contributed by atoms with Gasteiger partial charge in [0.1, 0.15) is 5.82 Å². The number of benzene rings is 2. The van der Waals surface area contributed by atoms with E-state index < -0.39 is 17.8 Å². The van der Waals surface area contributed by atoms with Crippen LogP contribution in [-0.4, -0.2) is 17.6 Å². The minimum absolute atomic E-state index is 0.0420. The summed E-state index contributed by atoms with van der Waals surface area (Å²) in [4.78, 5) is 12.2. The lowest BCUT2D eigenvalue weighted by Crippen LogP contribution is -2.31. The highest BCUT2D eigenvalue weighted by Crippen LogP contribution is 2.21. The molecule has 3 nitrogen and oxygen atoms in total. The van der Waals surface area contributed by atoms with Crippen LogP contribution in [0.4, 0.5) is 4.39 Å². The third kappa shape index (κ3) is 3.60. The van der Waals surface area contributed by atoms with Crippen molar-refractivity contribution >= 4 is 17.5 Å². The minimum atomic E-state index is -0.542.